The number of piperidine rings is 1. The van der Waals surface area contributed by atoms with Crippen molar-refractivity contribution in [2.45, 2.75) is 168 Å². The van der Waals surface area contributed by atoms with Crippen LogP contribution in [0.15, 0.2) is 18.2 Å². The zero-order valence-corrected chi connectivity index (χ0v) is 38.8. The predicted molar refractivity (Wildman–Crippen MR) is 225 cm³/mol. The third-order valence-electron chi connectivity index (χ3n) is 13.4. The quantitative estimate of drug-likeness (QED) is 0.180. The Morgan fingerprint density at radius 1 is 1.02 bits per heavy atom. The lowest BCUT2D eigenvalue weighted by atomic mass is 9.43. The van der Waals surface area contributed by atoms with Gasteiger partial charge >= 0.3 is 19.2 Å². The van der Waals surface area contributed by atoms with Crippen LogP contribution in [0.1, 0.15) is 118 Å². The molecule has 320 valence electrons. The predicted octanol–water partition coefficient (Wildman–Crippen LogP) is 7.28. The number of hydrogen-bond acceptors (Lipinski definition) is 10. The zero-order valence-electron chi connectivity index (χ0n) is 37.8. The number of esters is 1. The second-order valence-electron chi connectivity index (χ2n) is 21.3. The van der Waals surface area contributed by atoms with Crippen LogP contribution in [0.3, 0.4) is 0 Å². The van der Waals surface area contributed by atoms with Crippen LogP contribution in [0.4, 0.5) is 4.79 Å². The summed E-state index contributed by atoms with van der Waals surface area (Å²) in [5, 5.41) is 3.26. The molecule has 0 radical (unpaired) electrons. The van der Waals surface area contributed by atoms with Crippen molar-refractivity contribution in [1.82, 2.24) is 15.1 Å². The molecule has 7 atom stereocenters. The third kappa shape index (κ3) is 9.88. The average molecular weight is 814 g/mol. The van der Waals surface area contributed by atoms with Gasteiger partial charge in [0.25, 0.3) is 0 Å². The van der Waals surface area contributed by atoms with Crippen molar-refractivity contribution in [2.24, 2.45) is 17.3 Å². The van der Waals surface area contributed by atoms with E-state index in [-0.39, 0.29) is 47.2 Å². The fourth-order valence-corrected chi connectivity index (χ4v) is 10.5. The summed E-state index contributed by atoms with van der Waals surface area (Å²) in [6.07, 6.45) is 2.16. The van der Waals surface area contributed by atoms with Gasteiger partial charge in [0, 0.05) is 20.1 Å². The average Bonchev–Trinajstić information content (AvgIpc) is 3.42. The summed E-state index contributed by atoms with van der Waals surface area (Å²) in [5.41, 5.74) is -0.592. The van der Waals surface area contributed by atoms with E-state index in [0.29, 0.717) is 49.1 Å². The number of likely N-dealkylation sites (tertiary alicyclic amines) is 1. The minimum Gasteiger partial charge on any atom is -0.496 e. The normalized spacial score (nSPS) is 28.1. The van der Waals surface area contributed by atoms with Crippen LogP contribution in [0.2, 0.25) is 18.1 Å². The van der Waals surface area contributed by atoms with E-state index in [1.807, 2.05) is 53.7 Å². The number of rotatable bonds is 11. The molecule has 12 nitrogen and oxygen atoms in total. The molecule has 1 aromatic carbocycles. The Balaban J connectivity index is 1.39. The van der Waals surface area contributed by atoms with Crippen LogP contribution >= 0.6 is 0 Å². The Bertz CT molecular complexity index is 1650. The second kappa shape index (κ2) is 16.1. The highest BCUT2D eigenvalue weighted by Gasteiger charge is 2.68. The molecule has 1 aromatic rings. The van der Waals surface area contributed by atoms with Crippen LogP contribution in [0.25, 0.3) is 0 Å². The lowest BCUT2D eigenvalue weighted by Crippen LogP contribution is -2.65. The Hall–Kier alpha value is -2.65. The summed E-state index contributed by atoms with van der Waals surface area (Å²) >= 11 is 0. The molecule has 2 amide bonds. The topological polar surface area (TPSA) is 125 Å². The van der Waals surface area contributed by atoms with Gasteiger partial charge in [0.15, 0.2) is 8.32 Å². The van der Waals surface area contributed by atoms with Gasteiger partial charge < -0.3 is 38.2 Å². The van der Waals surface area contributed by atoms with Crippen molar-refractivity contribution in [3.8, 4) is 5.75 Å². The number of likely N-dealkylation sites (N-methyl/N-ethyl adjacent to an activating group) is 1. The first-order valence-corrected chi connectivity index (χ1v) is 23.8. The number of nitrogens with one attached hydrogen (secondary N) is 1. The molecule has 7 unspecified atom stereocenters. The molecular weight excluding hydrogens is 741 g/mol. The molecule has 0 aromatic heterocycles. The molecule has 6 rings (SSSR count). The van der Waals surface area contributed by atoms with Gasteiger partial charge in [-0.05, 0) is 121 Å². The highest BCUT2D eigenvalue weighted by molar-refractivity contribution is 6.74. The molecule has 3 saturated carbocycles. The molecule has 5 aliphatic rings. The van der Waals surface area contributed by atoms with Crippen molar-refractivity contribution in [3.63, 3.8) is 0 Å². The van der Waals surface area contributed by atoms with Gasteiger partial charge in [-0.25, -0.2) is 9.59 Å². The molecule has 0 spiro atoms. The van der Waals surface area contributed by atoms with Crippen LogP contribution in [-0.2, 0) is 34.4 Å². The van der Waals surface area contributed by atoms with E-state index >= 15 is 0 Å². The maximum atomic E-state index is 14.3. The maximum Gasteiger partial charge on any atom is 0.482 e. The van der Waals surface area contributed by atoms with Crippen LogP contribution in [0, 0.1) is 17.3 Å². The SMILES string of the molecule is COc1c(CC(NC(=O)CN2CCC(N(C)C(=O)OC(C)(C)C)C(O[Si](C)(C)C(C)(C)C)C2)B2OC3CC4CC(C4(C)C)C3(C)O2)cccc1C(=O)OC(C)(C)C. The van der Waals surface area contributed by atoms with E-state index < -0.39 is 44.1 Å². The van der Waals surface area contributed by atoms with Crippen molar-refractivity contribution in [2.75, 3.05) is 33.8 Å². The Kier molecular flexibility index (Phi) is 12.8. The number of para-hydroxylation sites is 1. The smallest absolute Gasteiger partial charge is 0.482 e. The molecule has 2 aliphatic heterocycles. The molecule has 2 saturated heterocycles. The van der Waals surface area contributed by atoms with E-state index in [4.69, 9.17) is 27.9 Å². The summed E-state index contributed by atoms with van der Waals surface area (Å²) in [7, 11) is 0.340. The van der Waals surface area contributed by atoms with Crippen molar-refractivity contribution >= 4 is 33.4 Å². The first kappa shape index (κ1) is 45.4. The summed E-state index contributed by atoms with van der Waals surface area (Å²) < 4.78 is 38.1. The van der Waals surface area contributed by atoms with E-state index in [0.717, 1.165) is 18.4 Å². The molecule has 5 fully saturated rings. The van der Waals surface area contributed by atoms with Crippen molar-refractivity contribution < 1.29 is 42.3 Å². The molecular formula is C43H72BN3O9Si. The van der Waals surface area contributed by atoms with Gasteiger partial charge in [-0.1, -0.05) is 46.8 Å². The number of carbonyl (C=O) groups excluding carboxylic acids is 3. The van der Waals surface area contributed by atoms with E-state index in [9.17, 15) is 14.4 Å². The van der Waals surface area contributed by atoms with Crippen LogP contribution < -0.4 is 10.1 Å². The number of benzene rings is 1. The Morgan fingerprint density at radius 3 is 2.25 bits per heavy atom. The molecule has 2 bridgehead atoms. The zero-order chi connectivity index (χ0) is 42.7. The number of ether oxygens (including phenoxy) is 3. The molecule has 14 heteroatoms. The summed E-state index contributed by atoms with van der Waals surface area (Å²) in [4.78, 5) is 44.7. The number of carbonyl (C=O) groups is 3. The van der Waals surface area contributed by atoms with E-state index in [1.165, 1.54) is 0 Å². The summed E-state index contributed by atoms with van der Waals surface area (Å²) in [6.45, 7) is 30.1. The van der Waals surface area contributed by atoms with E-state index in [2.05, 4.69) is 64.9 Å². The van der Waals surface area contributed by atoms with Crippen molar-refractivity contribution in [3.05, 3.63) is 29.3 Å². The fourth-order valence-electron chi connectivity index (χ4n) is 9.15. The van der Waals surface area contributed by atoms with Crippen molar-refractivity contribution in [1.29, 1.82) is 0 Å². The second-order valence-corrected chi connectivity index (χ2v) is 26.1. The maximum absolute atomic E-state index is 14.3. The number of nitrogens with zero attached hydrogens (tertiary/aromatic N) is 2. The number of methoxy groups -OCH3 is 1. The fraction of sp³-hybridized carbons (Fsp3) is 0.791. The first-order chi connectivity index (χ1) is 26.1. The van der Waals surface area contributed by atoms with Gasteiger partial charge in [-0.2, -0.15) is 0 Å². The largest absolute Gasteiger partial charge is 0.496 e. The van der Waals surface area contributed by atoms with Crippen LogP contribution in [0.5, 0.6) is 5.75 Å². The summed E-state index contributed by atoms with van der Waals surface area (Å²) in [6, 6.07) is 5.20. The standard InChI is InChI=1S/C43H72BN3O9Si/c1-39(2,3)52-37(49)29-19-17-18-27(36(29)51-14)22-34(44-54-33-24-28-23-32(42(28,10)11)43(33,12)56-44)45-35(48)26-47-21-20-30(46(13)38(50)53-40(4,5)6)31(25-47)55-57(15,16)41(7,8)9/h17-19,28,30-34H,20-26H2,1-16H3,(H,45,48). The highest BCUT2D eigenvalue weighted by Crippen LogP contribution is 2.65. The molecule has 1 N–H and O–H groups in total. The Morgan fingerprint density at radius 2 is 1.67 bits per heavy atom. The minimum atomic E-state index is -2.27. The Labute approximate surface area is 344 Å². The summed E-state index contributed by atoms with van der Waals surface area (Å²) in [5.74, 6) is 0.0735. The van der Waals surface area contributed by atoms with Gasteiger partial charge in [-0.3, -0.25) is 9.69 Å². The lowest BCUT2D eigenvalue weighted by Gasteiger charge is -2.64. The first-order valence-electron chi connectivity index (χ1n) is 20.9. The molecule has 2 heterocycles. The molecule has 3 aliphatic carbocycles. The van der Waals surface area contributed by atoms with Crippen LogP contribution in [-0.4, -0.2) is 118 Å². The monoisotopic (exact) mass is 814 g/mol. The number of amides is 2. The van der Waals surface area contributed by atoms with Gasteiger partial charge in [0.2, 0.25) is 5.91 Å². The minimum absolute atomic E-state index is 0.0540. The molecule has 57 heavy (non-hydrogen) atoms. The van der Waals surface area contributed by atoms with Gasteiger partial charge in [0.1, 0.15) is 22.5 Å². The highest BCUT2D eigenvalue weighted by atomic mass is 28.4. The van der Waals surface area contributed by atoms with Gasteiger partial charge in [0.05, 0.1) is 43.4 Å². The van der Waals surface area contributed by atoms with E-state index in [1.54, 1.807) is 25.1 Å². The van der Waals surface area contributed by atoms with Gasteiger partial charge in [-0.15, -0.1) is 0 Å². The lowest BCUT2D eigenvalue weighted by molar-refractivity contribution is -0.199. The number of hydrogen-bond donors (Lipinski definition) is 1. The third-order valence-corrected chi connectivity index (χ3v) is 17.9.